The number of rotatable bonds is 3. The molecule has 7 heteroatoms. The summed E-state index contributed by atoms with van der Waals surface area (Å²) in [5.41, 5.74) is -1.48. The normalized spacial score (nSPS) is 11.2. The van der Waals surface area contributed by atoms with Crippen LogP contribution in [-0.2, 0) is 6.18 Å². The molecule has 1 aromatic carbocycles. The van der Waals surface area contributed by atoms with E-state index in [4.69, 9.17) is 9.84 Å². The molecule has 2 rings (SSSR count). The number of carboxylic acids is 1. The van der Waals surface area contributed by atoms with Crippen LogP contribution in [0.25, 0.3) is 11.1 Å². The molecule has 0 radical (unpaired) electrons. The second-order valence-corrected chi connectivity index (χ2v) is 4.12. The summed E-state index contributed by atoms with van der Waals surface area (Å²) in [5.74, 6) is -1.47. The molecule has 0 amide bonds. The van der Waals surface area contributed by atoms with Crippen molar-refractivity contribution in [2.24, 2.45) is 0 Å². The molecule has 0 fully saturated rings. The van der Waals surface area contributed by atoms with E-state index in [9.17, 15) is 18.0 Å². The van der Waals surface area contributed by atoms with Crippen molar-refractivity contribution < 1.29 is 27.8 Å². The summed E-state index contributed by atoms with van der Waals surface area (Å²) < 4.78 is 43.9. The van der Waals surface area contributed by atoms with Gasteiger partial charge in [-0.25, -0.2) is 9.78 Å². The summed E-state index contributed by atoms with van der Waals surface area (Å²) in [4.78, 5) is 14.8. The molecule has 0 bridgehead atoms. The number of carbonyl (C=O) groups is 1. The van der Waals surface area contributed by atoms with Crippen LogP contribution in [0.4, 0.5) is 13.2 Å². The van der Waals surface area contributed by atoms with Gasteiger partial charge in [-0.2, -0.15) is 13.2 Å². The Morgan fingerprint density at radius 2 is 2.00 bits per heavy atom. The van der Waals surface area contributed by atoms with Crippen LogP contribution in [0.5, 0.6) is 5.88 Å². The maximum absolute atomic E-state index is 13.0. The van der Waals surface area contributed by atoms with Crippen molar-refractivity contribution in [3.63, 3.8) is 0 Å². The van der Waals surface area contributed by atoms with Gasteiger partial charge in [0.05, 0.1) is 18.2 Å². The standard InChI is InChI=1S/C14H10F3NO3/c1-21-12-9(3-2-6-18-12)8-4-5-10(13(19)20)11(7-8)14(15,16)17/h2-7H,1H3,(H,19,20). The molecular weight excluding hydrogens is 287 g/mol. The number of carboxylic acid groups (broad SMARTS) is 1. The van der Waals surface area contributed by atoms with Crippen LogP contribution >= 0.6 is 0 Å². The number of alkyl halides is 3. The highest BCUT2D eigenvalue weighted by molar-refractivity contribution is 5.90. The van der Waals surface area contributed by atoms with E-state index in [1.54, 1.807) is 12.1 Å². The van der Waals surface area contributed by atoms with E-state index in [0.717, 1.165) is 12.1 Å². The van der Waals surface area contributed by atoms with Crippen molar-refractivity contribution >= 4 is 5.97 Å². The third-order valence-electron chi connectivity index (χ3n) is 2.83. The Morgan fingerprint density at radius 1 is 1.29 bits per heavy atom. The zero-order chi connectivity index (χ0) is 15.6. The van der Waals surface area contributed by atoms with Crippen LogP contribution in [-0.4, -0.2) is 23.2 Å². The molecule has 0 saturated heterocycles. The first-order valence-electron chi connectivity index (χ1n) is 5.78. The number of hydrogen-bond donors (Lipinski definition) is 1. The van der Waals surface area contributed by atoms with Crippen LogP contribution in [0.1, 0.15) is 15.9 Å². The lowest BCUT2D eigenvalue weighted by Gasteiger charge is -2.13. The van der Waals surface area contributed by atoms with Gasteiger partial charge in [0.15, 0.2) is 0 Å². The van der Waals surface area contributed by atoms with Crippen molar-refractivity contribution in [1.82, 2.24) is 4.98 Å². The Bertz CT molecular complexity index is 683. The third kappa shape index (κ3) is 2.96. The number of pyridine rings is 1. The zero-order valence-electron chi connectivity index (χ0n) is 10.8. The number of hydrogen-bond acceptors (Lipinski definition) is 3. The fraction of sp³-hybridized carbons (Fsp3) is 0.143. The number of aromatic nitrogens is 1. The van der Waals surface area contributed by atoms with Crippen molar-refractivity contribution in [3.8, 4) is 17.0 Å². The number of benzene rings is 1. The molecule has 0 saturated carbocycles. The van der Waals surface area contributed by atoms with E-state index in [0.29, 0.717) is 5.56 Å². The number of methoxy groups -OCH3 is 1. The quantitative estimate of drug-likeness (QED) is 0.942. The van der Waals surface area contributed by atoms with E-state index in [1.807, 2.05) is 0 Å². The Hall–Kier alpha value is -2.57. The molecule has 2 aromatic rings. The predicted molar refractivity (Wildman–Crippen MR) is 68.2 cm³/mol. The average molecular weight is 297 g/mol. The van der Waals surface area contributed by atoms with Gasteiger partial charge in [-0.15, -0.1) is 0 Å². The molecule has 4 nitrogen and oxygen atoms in total. The van der Waals surface area contributed by atoms with E-state index < -0.39 is 23.3 Å². The molecular formula is C14H10F3NO3. The second kappa shape index (κ2) is 5.43. The first-order valence-corrected chi connectivity index (χ1v) is 5.78. The first kappa shape index (κ1) is 14.8. The van der Waals surface area contributed by atoms with Gasteiger partial charge in [0, 0.05) is 11.8 Å². The number of aromatic carboxylic acids is 1. The van der Waals surface area contributed by atoms with Crippen LogP contribution in [0.15, 0.2) is 36.5 Å². The smallest absolute Gasteiger partial charge is 0.417 e. The summed E-state index contributed by atoms with van der Waals surface area (Å²) in [5, 5.41) is 8.85. The molecule has 0 aliphatic heterocycles. The van der Waals surface area contributed by atoms with Crippen LogP contribution in [0.2, 0.25) is 0 Å². The first-order chi connectivity index (χ1) is 9.84. The van der Waals surface area contributed by atoms with Crippen LogP contribution in [0, 0.1) is 0 Å². The maximum Gasteiger partial charge on any atom is 0.417 e. The van der Waals surface area contributed by atoms with E-state index in [1.165, 1.54) is 19.4 Å². The molecule has 21 heavy (non-hydrogen) atoms. The molecule has 0 aliphatic rings. The van der Waals surface area contributed by atoms with Gasteiger partial charge in [0.1, 0.15) is 0 Å². The van der Waals surface area contributed by atoms with Crippen molar-refractivity contribution in [2.45, 2.75) is 6.18 Å². The molecule has 1 heterocycles. The summed E-state index contributed by atoms with van der Waals surface area (Å²) in [7, 11) is 1.35. The lowest BCUT2D eigenvalue weighted by molar-refractivity contribution is -0.138. The molecule has 1 N–H and O–H groups in total. The lowest BCUT2D eigenvalue weighted by atomic mass is 9.99. The fourth-order valence-corrected chi connectivity index (χ4v) is 1.91. The predicted octanol–water partition coefficient (Wildman–Crippen LogP) is 3.47. The molecule has 1 aromatic heterocycles. The lowest BCUT2D eigenvalue weighted by Crippen LogP contribution is -2.13. The van der Waals surface area contributed by atoms with E-state index >= 15 is 0 Å². The summed E-state index contributed by atoms with van der Waals surface area (Å²) in [6.07, 6.45) is -3.32. The van der Waals surface area contributed by atoms with Crippen LogP contribution in [0.3, 0.4) is 0 Å². The Balaban J connectivity index is 2.65. The summed E-state index contributed by atoms with van der Waals surface area (Å²) in [6.45, 7) is 0. The highest BCUT2D eigenvalue weighted by Crippen LogP contribution is 2.36. The largest absolute Gasteiger partial charge is 0.481 e. The minimum absolute atomic E-state index is 0.161. The SMILES string of the molecule is COc1ncccc1-c1ccc(C(=O)O)c(C(F)(F)F)c1. The van der Waals surface area contributed by atoms with Gasteiger partial charge in [0.2, 0.25) is 5.88 Å². The summed E-state index contributed by atoms with van der Waals surface area (Å²) in [6, 6.07) is 6.09. The maximum atomic E-state index is 13.0. The Morgan fingerprint density at radius 3 is 2.57 bits per heavy atom. The van der Waals surface area contributed by atoms with Gasteiger partial charge in [-0.1, -0.05) is 6.07 Å². The fourth-order valence-electron chi connectivity index (χ4n) is 1.91. The minimum Gasteiger partial charge on any atom is -0.481 e. The summed E-state index contributed by atoms with van der Waals surface area (Å²) >= 11 is 0. The zero-order valence-corrected chi connectivity index (χ0v) is 10.8. The Labute approximate surface area is 117 Å². The van der Waals surface area contributed by atoms with Crippen LogP contribution < -0.4 is 4.74 Å². The topological polar surface area (TPSA) is 59.4 Å². The molecule has 0 unspecified atom stereocenters. The van der Waals surface area contributed by atoms with E-state index in [-0.39, 0.29) is 11.4 Å². The van der Waals surface area contributed by atoms with E-state index in [2.05, 4.69) is 4.98 Å². The van der Waals surface area contributed by atoms with Crippen molar-refractivity contribution in [1.29, 1.82) is 0 Å². The molecule has 110 valence electrons. The van der Waals surface area contributed by atoms with Gasteiger partial charge >= 0.3 is 12.1 Å². The minimum atomic E-state index is -4.76. The Kier molecular flexibility index (Phi) is 3.84. The van der Waals surface area contributed by atoms with Gasteiger partial charge in [-0.3, -0.25) is 0 Å². The average Bonchev–Trinajstić information content (AvgIpc) is 2.45. The van der Waals surface area contributed by atoms with Gasteiger partial charge in [0.25, 0.3) is 0 Å². The molecule has 0 atom stereocenters. The van der Waals surface area contributed by atoms with Crippen molar-refractivity contribution in [3.05, 3.63) is 47.7 Å². The number of halogens is 3. The van der Waals surface area contributed by atoms with Gasteiger partial charge < -0.3 is 9.84 Å². The molecule has 0 aliphatic carbocycles. The highest BCUT2D eigenvalue weighted by atomic mass is 19.4. The second-order valence-electron chi connectivity index (χ2n) is 4.12. The number of ether oxygens (including phenoxy) is 1. The monoisotopic (exact) mass is 297 g/mol. The van der Waals surface area contributed by atoms with Crippen molar-refractivity contribution in [2.75, 3.05) is 7.11 Å². The number of nitrogens with zero attached hydrogens (tertiary/aromatic N) is 1. The van der Waals surface area contributed by atoms with Gasteiger partial charge in [-0.05, 0) is 29.8 Å². The molecule has 0 spiro atoms. The third-order valence-corrected chi connectivity index (χ3v) is 2.83. The highest BCUT2D eigenvalue weighted by Gasteiger charge is 2.35.